The molecule has 0 spiro atoms. The maximum Gasteiger partial charge on any atom is 0.264 e. The molecule has 6 rings (SSSR count). The number of allylic oxidation sites excluding steroid dienone is 1. The third kappa shape index (κ3) is 4.21. The standard InChI is InChI=1S/C31H30N2O4S/c1-3-7-21-18-22(19-25-23-8-5-6-9-24(23)30(34)33(21)25)32(14-4-2)31(35)29-13-12-28(38-29)20-10-11-26-27(17-20)37-16-15-36-26/h3-13,17,21-22,25H,2,14-16,18-19H2,1H3/b7-3+/t21-,22?,25+/m1/s1. The molecule has 2 amide bonds. The number of fused-ring (bicyclic) bond motifs is 4. The molecule has 1 fully saturated rings. The van der Waals surface area contributed by atoms with Gasteiger partial charge in [-0.25, -0.2) is 0 Å². The van der Waals surface area contributed by atoms with Crippen LogP contribution in [0.5, 0.6) is 11.5 Å². The van der Waals surface area contributed by atoms with Gasteiger partial charge in [0.2, 0.25) is 0 Å². The van der Waals surface area contributed by atoms with Gasteiger partial charge in [-0.3, -0.25) is 9.59 Å². The molecule has 3 aromatic rings. The molecule has 7 heteroatoms. The largest absolute Gasteiger partial charge is 0.486 e. The Hall–Kier alpha value is -3.84. The molecule has 194 valence electrons. The molecular formula is C31H30N2O4S. The smallest absolute Gasteiger partial charge is 0.264 e. The van der Waals surface area contributed by atoms with E-state index in [4.69, 9.17) is 9.47 Å². The van der Waals surface area contributed by atoms with Gasteiger partial charge in [-0.05, 0) is 67.3 Å². The van der Waals surface area contributed by atoms with Crippen molar-refractivity contribution in [3.05, 3.63) is 95.4 Å². The first-order valence-corrected chi connectivity index (χ1v) is 13.9. The van der Waals surface area contributed by atoms with Crippen LogP contribution in [0.4, 0.5) is 0 Å². The number of benzene rings is 2. The number of hydrogen-bond acceptors (Lipinski definition) is 5. The number of carbonyl (C=O) groups excluding carboxylic acids is 2. The van der Waals surface area contributed by atoms with E-state index in [1.54, 1.807) is 6.08 Å². The summed E-state index contributed by atoms with van der Waals surface area (Å²) in [5.41, 5.74) is 2.83. The number of ether oxygens (including phenoxy) is 2. The van der Waals surface area contributed by atoms with Gasteiger partial charge in [0.1, 0.15) is 13.2 Å². The summed E-state index contributed by atoms with van der Waals surface area (Å²) < 4.78 is 11.4. The van der Waals surface area contributed by atoms with Gasteiger partial charge in [-0.2, -0.15) is 0 Å². The lowest BCUT2D eigenvalue weighted by Crippen LogP contribution is -2.51. The number of amides is 2. The minimum atomic E-state index is -0.0691. The summed E-state index contributed by atoms with van der Waals surface area (Å²) in [5, 5.41) is 0. The van der Waals surface area contributed by atoms with Gasteiger partial charge >= 0.3 is 0 Å². The Morgan fingerprint density at radius 3 is 2.74 bits per heavy atom. The maximum absolute atomic E-state index is 13.9. The van der Waals surface area contributed by atoms with Crippen LogP contribution < -0.4 is 9.47 Å². The molecule has 1 unspecified atom stereocenters. The summed E-state index contributed by atoms with van der Waals surface area (Å²) in [6.07, 6.45) is 7.28. The lowest BCUT2D eigenvalue weighted by Gasteiger charge is -2.44. The van der Waals surface area contributed by atoms with E-state index in [0.29, 0.717) is 37.5 Å². The van der Waals surface area contributed by atoms with Crippen molar-refractivity contribution >= 4 is 23.2 Å². The van der Waals surface area contributed by atoms with Crippen LogP contribution in [0, 0.1) is 0 Å². The zero-order valence-electron chi connectivity index (χ0n) is 21.3. The van der Waals surface area contributed by atoms with Gasteiger partial charge in [0.15, 0.2) is 11.5 Å². The number of nitrogens with zero attached hydrogens (tertiary/aromatic N) is 2. The van der Waals surface area contributed by atoms with E-state index in [0.717, 1.165) is 33.1 Å². The van der Waals surface area contributed by atoms with E-state index in [-0.39, 0.29) is 29.9 Å². The molecule has 0 aliphatic carbocycles. The molecule has 1 aromatic heterocycles. The van der Waals surface area contributed by atoms with Crippen molar-refractivity contribution in [1.29, 1.82) is 0 Å². The van der Waals surface area contributed by atoms with Crippen molar-refractivity contribution in [2.45, 2.75) is 37.9 Å². The molecule has 3 aliphatic rings. The second-order valence-corrected chi connectivity index (χ2v) is 10.9. The molecule has 0 radical (unpaired) electrons. The van der Waals surface area contributed by atoms with Gasteiger partial charge in [-0.15, -0.1) is 17.9 Å². The third-order valence-corrected chi connectivity index (χ3v) is 8.69. The second kappa shape index (κ2) is 10.1. The lowest BCUT2D eigenvalue weighted by molar-refractivity contribution is 0.0350. The molecule has 4 heterocycles. The summed E-state index contributed by atoms with van der Waals surface area (Å²) in [6.45, 7) is 7.45. The van der Waals surface area contributed by atoms with Crippen molar-refractivity contribution < 1.29 is 19.1 Å². The van der Waals surface area contributed by atoms with Crippen LogP contribution in [0.3, 0.4) is 0 Å². The first-order valence-electron chi connectivity index (χ1n) is 13.0. The number of rotatable bonds is 6. The lowest BCUT2D eigenvalue weighted by atomic mass is 9.88. The van der Waals surface area contributed by atoms with E-state index in [9.17, 15) is 9.59 Å². The summed E-state index contributed by atoms with van der Waals surface area (Å²) in [7, 11) is 0. The Balaban J connectivity index is 1.28. The van der Waals surface area contributed by atoms with Gasteiger partial charge < -0.3 is 19.3 Å². The fourth-order valence-electron chi connectivity index (χ4n) is 5.91. The van der Waals surface area contributed by atoms with Crippen molar-refractivity contribution in [3.63, 3.8) is 0 Å². The minimum absolute atomic E-state index is 0.00557. The van der Waals surface area contributed by atoms with Crippen molar-refractivity contribution in [1.82, 2.24) is 9.80 Å². The van der Waals surface area contributed by atoms with Crippen LogP contribution in [0.15, 0.2) is 79.4 Å². The van der Waals surface area contributed by atoms with Crippen LogP contribution in [0.2, 0.25) is 0 Å². The Morgan fingerprint density at radius 1 is 1.11 bits per heavy atom. The molecule has 6 nitrogen and oxygen atoms in total. The quantitative estimate of drug-likeness (QED) is 0.363. The monoisotopic (exact) mass is 526 g/mol. The average Bonchev–Trinajstić information content (AvgIpc) is 3.55. The fourth-order valence-corrected chi connectivity index (χ4v) is 6.87. The highest BCUT2D eigenvalue weighted by atomic mass is 32.1. The third-order valence-electron chi connectivity index (χ3n) is 7.57. The van der Waals surface area contributed by atoms with Crippen molar-refractivity contribution in [2.75, 3.05) is 19.8 Å². The molecule has 0 bridgehead atoms. The maximum atomic E-state index is 13.9. The van der Waals surface area contributed by atoms with Gasteiger partial charge in [0.25, 0.3) is 11.8 Å². The highest BCUT2D eigenvalue weighted by molar-refractivity contribution is 7.17. The van der Waals surface area contributed by atoms with E-state index >= 15 is 0 Å². The molecule has 1 saturated heterocycles. The zero-order chi connectivity index (χ0) is 26.2. The first-order chi connectivity index (χ1) is 18.6. The molecule has 2 aromatic carbocycles. The number of carbonyl (C=O) groups is 2. The van der Waals surface area contributed by atoms with Crippen molar-refractivity contribution in [3.8, 4) is 21.9 Å². The van der Waals surface area contributed by atoms with Crippen LogP contribution in [-0.2, 0) is 0 Å². The van der Waals surface area contributed by atoms with Crippen molar-refractivity contribution in [2.24, 2.45) is 0 Å². The molecule has 0 saturated carbocycles. The highest BCUT2D eigenvalue weighted by Gasteiger charge is 2.46. The predicted molar refractivity (Wildman–Crippen MR) is 149 cm³/mol. The topological polar surface area (TPSA) is 59.1 Å². The normalized spacial score (nSPS) is 21.8. The Bertz CT molecular complexity index is 1430. The van der Waals surface area contributed by atoms with Crippen LogP contribution >= 0.6 is 11.3 Å². The average molecular weight is 527 g/mol. The summed E-state index contributed by atoms with van der Waals surface area (Å²) in [5.74, 6) is 1.56. The SMILES string of the molecule is C=CCN(C(=O)c1ccc(-c2ccc3c(c2)OCCO3)s1)C1C[C@@H](/C=C/C)N2C(=O)c3ccccc3[C@@H]2C1. The van der Waals surface area contributed by atoms with Crippen LogP contribution in [0.1, 0.15) is 51.4 Å². The van der Waals surface area contributed by atoms with Crippen LogP contribution in [-0.4, -0.2) is 53.5 Å². The summed E-state index contributed by atoms with van der Waals surface area (Å²) >= 11 is 1.48. The zero-order valence-corrected chi connectivity index (χ0v) is 22.2. The fraction of sp³-hybridized carbons (Fsp3) is 0.290. The van der Waals surface area contributed by atoms with Crippen LogP contribution in [0.25, 0.3) is 10.4 Å². The van der Waals surface area contributed by atoms with E-state index in [1.807, 2.05) is 77.4 Å². The molecule has 38 heavy (non-hydrogen) atoms. The van der Waals surface area contributed by atoms with Gasteiger partial charge in [0, 0.05) is 23.0 Å². The van der Waals surface area contributed by atoms with E-state index in [1.165, 1.54) is 11.3 Å². The number of thiophene rings is 1. The predicted octanol–water partition coefficient (Wildman–Crippen LogP) is 6.12. The molecule has 3 atom stereocenters. The molecular weight excluding hydrogens is 496 g/mol. The highest BCUT2D eigenvalue weighted by Crippen LogP contribution is 2.44. The van der Waals surface area contributed by atoms with E-state index in [2.05, 4.69) is 12.7 Å². The van der Waals surface area contributed by atoms with Gasteiger partial charge in [-0.1, -0.05) is 36.4 Å². The Morgan fingerprint density at radius 2 is 1.92 bits per heavy atom. The van der Waals surface area contributed by atoms with E-state index < -0.39 is 0 Å². The Kier molecular flexibility index (Phi) is 6.54. The van der Waals surface area contributed by atoms with Gasteiger partial charge in [0.05, 0.1) is 17.0 Å². The summed E-state index contributed by atoms with van der Waals surface area (Å²) in [6, 6.07) is 17.5. The number of hydrogen-bond donors (Lipinski definition) is 0. The summed E-state index contributed by atoms with van der Waals surface area (Å²) in [4.78, 5) is 32.8. The Labute approximate surface area is 226 Å². The first kappa shape index (κ1) is 24.5. The number of piperidine rings is 1. The minimum Gasteiger partial charge on any atom is -0.486 e. The molecule has 3 aliphatic heterocycles. The molecule has 0 N–H and O–H groups in total. The second-order valence-electron chi connectivity index (χ2n) is 9.80.